The molecule has 0 aliphatic carbocycles. The van der Waals surface area contributed by atoms with Crippen molar-refractivity contribution in [3.05, 3.63) is 64.6 Å². The minimum atomic E-state index is -4.66. The summed E-state index contributed by atoms with van der Waals surface area (Å²) in [4.78, 5) is 37.6. The maximum Gasteiger partial charge on any atom is 0.418 e. The Morgan fingerprint density at radius 1 is 1.13 bits per heavy atom. The number of halogens is 3. The number of amides is 3. The van der Waals surface area contributed by atoms with E-state index in [0.717, 1.165) is 12.1 Å². The van der Waals surface area contributed by atoms with E-state index in [1.165, 1.54) is 25.3 Å². The lowest BCUT2D eigenvalue weighted by molar-refractivity contribution is -0.137. The second-order valence-corrected chi connectivity index (χ2v) is 7.13. The molecule has 1 saturated heterocycles. The zero-order valence-corrected chi connectivity index (χ0v) is 16.3. The number of imide groups is 1. The molecule has 3 amide bonds. The summed E-state index contributed by atoms with van der Waals surface area (Å²) in [6.07, 6.45) is -3.17. The van der Waals surface area contributed by atoms with E-state index in [-0.39, 0.29) is 4.91 Å². The molecule has 1 aliphatic heterocycles. The van der Waals surface area contributed by atoms with Crippen molar-refractivity contribution >= 4 is 40.6 Å². The minimum Gasteiger partial charge on any atom is -0.497 e. The maximum atomic E-state index is 13.0. The number of anilines is 1. The lowest BCUT2D eigenvalue weighted by Gasteiger charge is -2.15. The highest BCUT2D eigenvalue weighted by atomic mass is 32.2. The highest BCUT2D eigenvalue weighted by Gasteiger charge is 2.37. The van der Waals surface area contributed by atoms with Crippen LogP contribution in [0.5, 0.6) is 5.75 Å². The van der Waals surface area contributed by atoms with Gasteiger partial charge in [0.1, 0.15) is 12.3 Å². The number of methoxy groups -OCH3 is 1. The van der Waals surface area contributed by atoms with Crippen LogP contribution in [-0.2, 0) is 15.8 Å². The summed E-state index contributed by atoms with van der Waals surface area (Å²) in [7, 11) is 1.51. The Morgan fingerprint density at radius 3 is 2.43 bits per heavy atom. The molecule has 3 rings (SSSR count). The maximum absolute atomic E-state index is 13.0. The van der Waals surface area contributed by atoms with Gasteiger partial charge >= 0.3 is 6.18 Å². The highest BCUT2D eigenvalue weighted by Crippen LogP contribution is 2.35. The number of benzene rings is 2. The van der Waals surface area contributed by atoms with E-state index < -0.39 is 41.0 Å². The minimum absolute atomic E-state index is 0.105. The van der Waals surface area contributed by atoms with Gasteiger partial charge in [0.2, 0.25) is 5.91 Å². The van der Waals surface area contributed by atoms with Gasteiger partial charge in [-0.05, 0) is 47.7 Å². The van der Waals surface area contributed by atoms with Crippen molar-refractivity contribution < 1.29 is 32.3 Å². The predicted molar refractivity (Wildman–Crippen MR) is 106 cm³/mol. The average Bonchev–Trinajstić information content (AvgIpc) is 2.95. The van der Waals surface area contributed by atoms with Crippen molar-refractivity contribution in [2.45, 2.75) is 6.18 Å². The fourth-order valence-electron chi connectivity index (χ4n) is 2.66. The first-order valence-electron chi connectivity index (χ1n) is 8.54. The molecular weight excluding hydrogens is 421 g/mol. The molecule has 156 valence electrons. The molecule has 30 heavy (non-hydrogen) atoms. The summed E-state index contributed by atoms with van der Waals surface area (Å²) >= 11 is 0.650. The molecule has 6 nitrogen and oxygen atoms in total. The van der Waals surface area contributed by atoms with Gasteiger partial charge in [0, 0.05) is 0 Å². The van der Waals surface area contributed by atoms with E-state index in [1.54, 1.807) is 24.3 Å². The first-order valence-corrected chi connectivity index (χ1v) is 9.36. The zero-order chi connectivity index (χ0) is 21.9. The van der Waals surface area contributed by atoms with Crippen molar-refractivity contribution in [2.24, 2.45) is 0 Å². The van der Waals surface area contributed by atoms with Gasteiger partial charge in [-0.15, -0.1) is 0 Å². The molecule has 0 bridgehead atoms. The SMILES string of the molecule is COc1ccc(/C=C2\SC(=O)N(CC(=O)Nc3ccccc3C(F)(F)F)C2=O)cc1. The van der Waals surface area contributed by atoms with E-state index in [4.69, 9.17) is 4.74 Å². The molecule has 0 aromatic heterocycles. The number of alkyl halides is 3. The Bertz CT molecular complexity index is 1020. The Kier molecular flexibility index (Phi) is 6.16. The molecule has 1 heterocycles. The van der Waals surface area contributed by atoms with Crippen LogP contribution in [-0.4, -0.2) is 35.6 Å². The molecule has 0 spiro atoms. The predicted octanol–water partition coefficient (Wildman–Crippen LogP) is 4.39. The highest BCUT2D eigenvalue weighted by molar-refractivity contribution is 8.18. The van der Waals surface area contributed by atoms with Gasteiger partial charge < -0.3 is 10.1 Å². The largest absolute Gasteiger partial charge is 0.497 e. The third-order valence-corrected chi connectivity index (χ3v) is 5.00. The number of hydrogen-bond donors (Lipinski definition) is 1. The Hall–Kier alpha value is -3.27. The molecule has 1 fully saturated rings. The van der Waals surface area contributed by atoms with Crippen LogP contribution in [0, 0.1) is 0 Å². The van der Waals surface area contributed by atoms with Crippen LogP contribution >= 0.6 is 11.8 Å². The molecular formula is C20H15F3N2O4S. The van der Waals surface area contributed by atoms with Gasteiger partial charge in [-0.25, -0.2) is 0 Å². The summed E-state index contributed by atoms with van der Waals surface area (Å²) in [6.45, 7) is -0.698. The molecule has 0 saturated carbocycles. The Morgan fingerprint density at radius 2 is 1.80 bits per heavy atom. The second-order valence-electron chi connectivity index (χ2n) is 6.13. The van der Waals surface area contributed by atoms with Crippen molar-refractivity contribution in [1.29, 1.82) is 0 Å². The van der Waals surface area contributed by atoms with Crippen LogP contribution < -0.4 is 10.1 Å². The molecule has 2 aromatic carbocycles. The monoisotopic (exact) mass is 436 g/mol. The molecule has 10 heteroatoms. The van der Waals surface area contributed by atoms with Crippen molar-refractivity contribution in [2.75, 3.05) is 19.0 Å². The van der Waals surface area contributed by atoms with Crippen LogP contribution in [0.4, 0.5) is 23.7 Å². The van der Waals surface area contributed by atoms with E-state index >= 15 is 0 Å². The third kappa shape index (κ3) is 4.82. The lowest BCUT2D eigenvalue weighted by Crippen LogP contribution is -2.36. The van der Waals surface area contributed by atoms with Crippen LogP contribution in [0.1, 0.15) is 11.1 Å². The topological polar surface area (TPSA) is 75.7 Å². The number of rotatable bonds is 5. The van der Waals surface area contributed by atoms with E-state index in [1.807, 2.05) is 0 Å². The number of ether oxygens (including phenoxy) is 1. The van der Waals surface area contributed by atoms with E-state index in [2.05, 4.69) is 5.32 Å². The summed E-state index contributed by atoms with van der Waals surface area (Å²) in [5, 5.41) is 1.43. The van der Waals surface area contributed by atoms with Crippen molar-refractivity contribution in [3.8, 4) is 5.75 Å². The first kappa shape index (κ1) is 21.4. The number of thioether (sulfide) groups is 1. The standard InChI is InChI=1S/C20H15F3N2O4S/c1-29-13-8-6-12(7-9-13)10-16-18(27)25(19(28)30-16)11-17(26)24-15-5-3-2-4-14(15)20(21,22)23/h2-10H,11H2,1H3,(H,24,26)/b16-10-. The number of nitrogens with zero attached hydrogens (tertiary/aromatic N) is 1. The van der Waals surface area contributed by atoms with E-state index in [9.17, 15) is 27.6 Å². The van der Waals surface area contributed by atoms with Crippen LogP contribution in [0.3, 0.4) is 0 Å². The number of hydrogen-bond acceptors (Lipinski definition) is 5. The van der Waals surface area contributed by atoms with Gasteiger partial charge in [0.05, 0.1) is 23.3 Å². The number of para-hydroxylation sites is 1. The Balaban J connectivity index is 1.71. The summed E-state index contributed by atoms with van der Waals surface area (Å²) < 4.78 is 44.2. The fraction of sp³-hybridized carbons (Fsp3) is 0.150. The molecule has 1 N–H and O–H groups in total. The van der Waals surface area contributed by atoms with Crippen LogP contribution in [0.2, 0.25) is 0 Å². The smallest absolute Gasteiger partial charge is 0.418 e. The normalized spacial score (nSPS) is 15.6. The van der Waals surface area contributed by atoms with Crippen molar-refractivity contribution in [1.82, 2.24) is 4.90 Å². The quantitative estimate of drug-likeness (QED) is 0.704. The molecule has 2 aromatic rings. The number of carbonyl (C=O) groups excluding carboxylic acids is 3. The summed E-state index contributed by atoms with van der Waals surface area (Å²) in [5.74, 6) is -0.990. The van der Waals surface area contributed by atoms with Gasteiger partial charge in [-0.3, -0.25) is 19.3 Å². The molecule has 0 unspecified atom stereocenters. The van der Waals surface area contributed by atoms with Crippen LogP contribution in [0.25, 0.3) is 6.08 Å². The molecule has 0 atom stereocenters. The van der Waals surface area contributed by atoms with E-state index in [0.29, 0.717) is 28.0 Å². The number of carbonyl (C=O) groups is 3. The van der Waals surface area contributed by atoms with Gasteiger partial charge in [-0.2, -0.15) is 13.2 Å². The first-order chi connectivity index (χ1) is 14.2. The number of nitrogens with one attached hydrogen (secondary N) is 1. The third-order valence-electron chi connectivity index (χ3n) is 4.10. The van der Waals surface area contributed by atoms with Crippen LogP contribution in [0.15, 0.2) is 53.4 Å². The van der Waals surface area contributed by atoms with Crippen molar-refractivity contribution in [3.63, 3.8) is 0 Å². The zero-order valence-electron chi connectivity index (χ0n) is 15.5. The second kappa shape index (κ2) is 8.62. The summed E-state index contributed by atoms with van der Waals surface area (Å²) in [5.41, 5.74) is -0.826. The van der Waals surface area contributed by atoms with Gasteiger partial charge in [-0.1, -0.05) is 24.3 Å². The Labute approximate surface area is 173 Å². The average molecular weight is 436 g/mol. The molecule has 0 radical (unpaired) electrons. The molecule has 1 aliphatic rings. The van der Waals surface area contributed by atoms with Gasteiger partial charge in [0.25, 0.3) is 11.1 Å². The van der Waals surface area contributed by atoms with Gasteiger partial charge in [0.15, 0.2) is 0 Å². The summed E-state index contributed by atoms with van der Waals surface area (Å²) in [6, 6.07) is 11.2. The lowest BCUT2D eigenvalue weighted by atomic mass is 10.1. The fourth-order valence-corrected chi connectivity index (χ4v) is 3.50.